The van der Waals surface area contributed by atoms with E-state index in [1.54, 1.807) is 31.6 Å². The summed E-state index contributed by atoms with van der Waals surface area (Å²) in [6, 6.07) is 10.7. The smallest absolute Gasteiger partial charge is 0.339 e. The number of benzene rings is 1. The number of carbonyl (C=O) groups is 2. The number of aromatic carboxylic acids is 1. The maximum Gasteiger partial charge on any atom is 0.339 e. The minimum atomic E-state index is -1.13. The molecule has 0 bridgehead atoms. The van der Waals surface area contributed by atoms with Crippen molar-refractivity contribution in [1.82, 2.24) is 20.3 Å². The molecule has 3 aromatic rings. The lowest BCUT2D eigenvalue weighted by Crippen LogP contribution is -2.41. The van der Waals surface area contributed by atoms with Crippen molar-refractivity contribution in [3.8, 4) is 5.69 Å². The predicted molar refractivity (Wildman–Crippen MR) is 96.9 cm³/mol. The van der Waals surface area contributed by atoms with Gasteiger partial charge in [-0.3, -0.25) is 4.79 Å². The highest BCUT2D eigenvalue weighted by molar-refractivity contribution is 5.96. The average molecular weight is 368 g/mol. The molecule has 2 aromatic heterocycles. The number of aromatic nitrogens is 3. The van der Waals surface area contributed by atoms with E-state index in [-0.39, 0.29) is 17.1 Å². The number of nitrogens with zero attached hydrogens (tertiary/aromatic N) is 3. The van der Waals surface area contributed by atoms with Gasteiger partial charge in [0.1, 0.15) is 17.0 Å². The monoisotopic (exact) mass is 368 g/mol. The third-order valence-corrected chi connectivity index (χ3v) is 4.16. The lowest BCUT2D eigenvalue weighted by Gasteiger charge is -2.22. The van der Waals surface area contributed by atoms with Crippen LogP contribution >= 0.6 is 0 Å². The summed E-state index contributed by atoms with van der Waals surface area (Å²) in [5, 5.41) is 20.3. The number of para-hydroxylation sites is 1. The van der Waals surface area contributed by atoms with E-state index in [0.717, 1.165) is 5.69 Å². The van der Waals surface area contributed by atoms with Crippen molar-refractivity contribution >= 4 is 11.9 Å². The van der Waals surface area contributed by atoms with Gasteiger partial charge in [0.05, 0.1) is 17.4 Å². The fraction of sp³-hybridized carbons (Fsp3) is 0.263. The van der Waals surface area contributed by atoms with Crippen LogP contribution in [0.5, 0.6) is 0 Å². The summed E-state index contributed by atoms with van der Waals surface area (Å²) in [5.41, 5.74) is 0.561. The van der Waals surface area contributed by atoms with Gasteiger partial charge in [-0.25, -0.2) is 9.48 Å². The summed E-state index contributed by atoms with van der Waals surface area (Å²) in [6.07, 6.45) is 2.11. The van der Waals surface area contributed by atoms with Crippen molar-refractivity contribution in [2.45, 2.75) is 32.7 Å². The van der Waals surface area contributed by atoms with E-state index in [1.807, 2.05) is 30.3 Å². The normalized spacial score (nSPS) is 11.4. The fourth-order valence-electron chi connectivity index (χ4n) is 2.65. The number of aryl methyl sites for hydroxylation is 1. The highest BCUT2D eigenvalue weighted by Crippen LogP contribution is 2.21. The molecule has 27 heavy (non-hydrogen) atoms. The van der Waals surface area contributed by atoms with Crippen LogP contribution in [0, 0.1) is 0 Å². The van der Waals surface area contributed by atoms with E-state index in [2.05, 4.69) is 15.6 Å². The minimum absolute atomic E-state index is 0.00419. The summed E-state index contributed by atoms with van der Waals surface area (Å²) in [6.45, 7) is 5.33. The van der Waals surface area contributed by atoms with Crippen LogP contribution in [0.3, 0.4) is 0 Å². The van der Waals surface area contributed by atoms with Gasteiger partial charge in [0.2, 0.25) is 0 Å². The van der Waals surface area contributed by atoms with Crippen molar-refractivity contribution in [2.24, 2.45) is 0 Å². The second-order valence-electron chi connectivity index (χ2n) is 6.57. The Hall–Kier alpha value is -3.42. The molecule has 0 radical (unpaired) electrons. The van der Waals surface area contributed by atoms with Crippen LogP contribution in [0.15, 0.2) is 47.0 Å². The molecule has 2 N–H and O–H groups in total. The van der Waals surface area contributed by atoms with Crippen LogP contribution in [0.2, 0.25) is 0 Å². The number of hydrogen-bond acceptors (Lipinski definition) is 5. The maximum atomic E-state index is 12.6. The Morgan fingerprint density at radius 3 is 2.56 bits per heavy atom. The Balaban J connectivity index is 1.81. The molecule has 140 valence electrons. The SMILES string of the molecule is CCc1oc(C(=O)NC(C)(C)c2cn(-c3ccccc3)nn2)cc1C(=O)O. The molecule has 0 aliphatic heterocycles. The minimum Gasteiger partial charge on any atom is -0.478 e. The second kappa shape index (κ2) is 7.06. The second-order valence-corrected chi connectivity index (χ2v) is 6.57. The molecule has 1 amide bonds. The van der Waals surface area contributed by atoms with E-state index < -0.39 is 17.4 Å². The summed E-state index contributed by atoms with van der Waals surface area (Å²) in [4.78, 5) is 23.8. The Bertz CT molecular complexity index is 973. The number of carboxylic acids is 1. The number of carbonyl (C=O) groups excluding carboxylic acids is 1. The summed E-state index contributed by atoms with van der Waals surface area (Å²) < 4.78 is 7.03. The van der Waals surface area contributed by atoms with E-state index in [4.69, 9.17) is 4.42 Å². The zero-order valence-electron chi connectivity index (χ0n) is 15.3. The van der Waals surface area contributed by atoms with Gasteiger partial charge < -0.3 is 14.8 Å². The summed E-state index contributed by atoms with van der Waals surface area (Å²) in [5.74, 6) is -1.43. The molecule has 0 saturated heterocycles. The van der Waals surface area contributed by atoms with Gasteiger partial charge in [0.25, 0.3) is 5.91 Å². The standard InChI is InChI=1S/C19H20N4O4/c1-4-14-13(18(25)26)10-15(27-14)17(24)20-19(2,3)16-11-23(22-21-16)12-8-6-5-7-9-12/h5-11H,4H2,1-3H3,(H,20,24)(H,25,26). The largest absolute Gasteiger partial charge is 0.478 e. The van der Waals surface area contributed by atoms with Gasteiger partial charge in [0, 0.05) is 12.5 Å². The van der Waals surface area contributed by atoms with Gasteiger partial charge in [-0.1, -0.05) is 30.3 Å². The molecule has 0 atom stereocenters. The molecule has 2 heterocycles. The molecular weight excluding hydrogens is 348 g/mol. The van der Waals surface area contributed by atoms with Crippen LogP contribution in [0.25, 0.3) is 5.69 Å². The molecule has 0 aliphatic carbocycles. The van der Waals surface area contributed by atoms with Gasteiger partial charge >= 0.3 is 5.97 Å². The molecule has 0 aliphatic rings. The van der Waals surface area contributed by atoms with Crippen LogP contribution in [0.4, 0.5) is 0 Å². The Morgan fingerprint density at radius 2 is 1.96 bits per heavy atom. The number of carboxylic acid groups (broad SMARTS) is 1. The van der Waals surface area contributed by atoms with E-state index >= 15 is 0 Å². The Morgan fingerprint density at radius 1 is 1.26 bits per heavy atom. The van der Waals surface area contributed by atoms with E-state index in [9.17, 15) is 14.7 Å². The van der Waals surface area contributed by atoms with Crippen molar-refractivity contribution in [3.05, 3.63) is 65.4 Å². The third-order valence-electron chi connectivity index (χ3n) is 4.16. The quantitative estimate of drug-likeness (QED) is 0.692. The van der Waals surface area contributed by atoms with Crippen LogP contribution in [-0.2, 0) is 12.0 Å². The molecule has 0 unspecified atom stereocenters. The van der Waals surface area contributed by atoms with Crippen LogP contribution < -0.4 is 5.32 Å². The maximum absolute atomic E-state index is 12.6. The van der Waals surface area contributed by atoms with Crippen LogP contribution in [0.1, 0.15) is 53.1 Å². The van der Waals surface area contributed by atoms with Crippen molar-refractivity contribution < 1.29 is 19.1 Å². The van der Waals surface area contributed by atoms with E-state index in [1.165, 1.54) is 6.07 Å². The average Bonchev–Trinajstić information content (AvgIpc) is 3.30. The first-order valence-electron chi connectivity index (χ1n) is 8.48. The van der Waals surface area contributed by atoms with Gasteiger partial charge in [-0.05, 0) is 26.0 Å². The molecule has 0 spiro atoms. The Labute approximate surface area is 155 Å². The zero-order chi connectivity index (χ0) is 19.6. The lowest BCUT2D eigenvalue weighted by molar-refractivity contribution is 0.0694. The Kier molecular flexibility index (Phi) is 4.81. The number of rotatable bonds is 6. The molecule has 3 rings (SSSR count). The van der Waals surface area contributed by atoms with Gasteiger partial charge in [-0.15, -0.1) is 5.10 Å². The number of furan rings is 1. The highest BCUT2D eigenvalue weighted by atomic mass is 16.4. The topological polar surface area (TPSA) is 110 Å². The molecule has 8 heteroatoms. The molecule has 8 nitrogen and oxygen atoms in total. The molecule has 1 aromatic carbocycles. The lowest BCUT2D eigenvalue weighted by atomic mass is 10.0. The number of nitrogens with one attached hydrogen (secondary N) is 1. The van der Waals surface area contributed by atoms with E-state index in [0.29, 0.717) is 12.1 Å². The first kappa shape index (κ1) is 18.4. The van der Waals surface area contributed by atoms with Crippen LogP contribution in [-0.4, -0.2) is 32.0 Å². The van der Waals surface area contributed by atoms with Crippen molar-refractivity contribution in [2.75, 3.05) is 0 Å². The first-order chi connectivity index (χ1) is 12.8. The summed E-state index contributed by atoms with van der Waals surface area (Å²) >= 11 is 0. The third kappa shape index (κ3) is 3.74. The molecular formula is C19H20N4O4. The molecule has 0 saturated carbocycles. The number of amides is 1. The predicted octanol–water partition coefficient (Wildman–Crippen LogP) is 2.79. The summed E-state index contributed by atoms with van der Waals surface area (Å²) in [7, 11) is 0. The van der Waals surface area contributed by atoms with Crippen molar-refractivity contribution in [1.29, 1.82) is 0 Å². The van der Waals surface area contributed by atoms with Crippen molar-refractivity contribution in [3.63, 3.8) is 0 Å². The highest BCUT2D eigenvalue weighted by Gasteiger charge is 2.29. The number of hydrogen-bond donors (Lipinski definition) is 2. The molecule has 0 fully saturated rings. The fourth-order valence-corrected chi connectivity index (χ4v) is 2.65. The van der Waals surface area contributed by atoms with Gasteiger partial charge in [0.15, 0.2) is 5.76 Å². The first-order valence-corrected chi connectivity index (χ1v) is 8.48. The zero-order valence-corrected chi connectivity index (χ0v) is 15.3. The van der Waals surface area contributed by atoms with Gasteiger partial charge in [-0.2, -0.15) is 0 Å².